The molecular weight excluding hydrogens is 363 g/mol. The van der Waals surface area contributed by atoms with Gasteiger partial charge in [-0.1, -0.05) is 47.7 Å². The monoisotopic (exact) mass is 382 g/mol. The third kappa shape index (κ3) is 4.58. The Hall–Kier alpha value is -3.13. The SMILES string of the molecule is Cc1cc(C(=O)N(O)OCc2ccccc2)ncc1C(O)c1ccc(F)cc1. The van der Waals surface area contributed by atoms with Crippen molar-refractivity contribution in [3.05, 3.63) is 101 Å². The highest BCUT2D eigenvalue weighted by atomic mass is 19.1. The normalized spacial score (nSPS) is 11.9. The number of hydrogen-bond donors (Lipinski definition) is 2. The number of aliphatic hydroxyl groups excluding tert-OH is 1. The van der Waals surface area contributed by atoms with E-state index in [0.29, 0.717) is 16.7 Å². The van der Waals surface area contributed by atoms with Gasteiger partial charge in [0, 0.05) is 11.8 Å². The number of amides is 1. The molecule has 0 fully saturated rings. The number of aryl methyl sites for hydroxylation is 1. The third-order valence-corrected chi connectivity index (χ3v) is 4.22. The zero-order chi connectivity index (χ0) is 20.1. The van der Waals surface area contributed by atoms with Gasteiger partial charge in [-0.2, -0.15) is 0 Å². The fourth-order valence-electron chi connectivity index (χ4n) is 2.66. The molecular formula is C21H19FN2O4. The molecule has 0 aliphatic rings. The van der Waals surface area contributed by atoms with Crippen LogP contribution in [0.5, 0.6) is 0 Å². The Morgan fingerprint density at radius 2 is 1.86 bits per heavy atom. The highest BCUT2D eigenvalue weighted by Gasteiger charge is 2.20. The Morgan fingerprint density at radius 1 is 1.18 bits per heavy atom. The zero-order valence-electron chi connectivity index (χ0n) is 15.1. The highest BCUT2D eigenvalue weighted by Crippen LogP contribution is 2.25. The number of carbonyl (C=O) groups is 1. The van der Waals surface area contributed by atoms with Crippen molar-refractivity contribution in [1.29, 1.82) is 0 Å². The fraction of sp³-hybridized carbons (Fsp3) is 0.143. The number of aliphatic hydroxyl groups is 1. The number of rotatable bonds is 6. The van der Waals surface area contributed by atoms with Crippen molar-refractivity contribution in [3.63, 3.8) is 0 Å². The Morgan fingerprint density at radius 3 is 2.50 bits per heavy atom. The van der Waals surface area contributed by atoms with Crippen LogP contribution < -0.4 is 0 Å². The van der Waals surface area contributed by atoms with Crippen LogP contribution in [0.15, 0.2) is 66.9 Å². The molecule has 6 nitrogen and oxygen atoms in total. The van der Waals surface area contributed by atoms with Gasteiger partial charge in [0.25, 0.3) is 0 Å². The van der Waals surface area contributed by atoms with E-state index >= 15 is 0 Å². The lowest BCUT2D eigenvalue weighted by molar-refractivity contribution is -0.304. The molecule has 1 atom stereocenters. The van der Waals surface area contributed by atoms with Crippen LogP contribution in [0.3, 0.4) is 0 Å². The van der Waals surface area contributed by atoms with Crippen LogP contribution in [0.2, 0.25) is 0 Å². The van der Waals surface area contributed by atoms with Gasteiger partial charge in [-0.15, -0.1) is 0 Å². The van der Waals surface area contributed by atoms with Crippen molar-refractivity contribution in [2.45, 2.75) is 19.6 Å². The van der Waals surface area contributed by atoms with E-state index in [2.05, 4.69) is 4.98 Å². The Bertz CT molecular complexity index is 948. The van der Waals surface area contributed by atoms with Crippen LogP contribution in [-0.4, -0.2) is 26.4 Å². The molecule has 0 saturated carbocycles. The first kappa shape index (κ1) is 19.6. The molecule has 0 aliphatic carbocycles. The number of benzene rings is 2. The second-order valence-electron chi connectivity index (χ2n) is 6.22. The molecule has 2 N–H and O–H groups in total. The van der Waals surface area contributed by atoms with Crippen molar-refractivity contribution < 1.29 is 24.3 Å². The van der Waals surface area contributed by atoms with E-state index in [-0.39, 0.29) is 17.5 Å². The molecule has 0 spiro atoms. The molecule has 2 aromatic carbocycles. The van der Waals surface area contributed by atoms with Crippen LogP contribution in [0.25, 0.3) is 0 Å². The Balaban J connectivity index is 1.70. The average Bonchev–Trinajstić information content (AvgIpc) is 2.72. The summed E-state index contributed by atoms with van der Waals surface area (Å²) in [5.41, 5.74) is 2.31. The molecule has 1 heterocycles. The van der Waals surface area contributed by atoms with Gasteiger partial charge in [0.1, 0.15) is 24.2 Å². The molecule has 1 amide bonds. The summed E-state index contributed by atoms with van der Waals surface area (Å²) in [6, 6.07) is 16.0. The second-order valence-corrected chi connectivity index (χ2v) is 6.22. The summed E-state index contributed by atoms with van der Waals surface area (Å²) >= 11 is 0. The second kappa shape index (κ2) is 8.71. The van der Waals surface area contributed by atoms with E-state index in [1.807, 2.05) is 18.2 Å². The smallest absolute Gasteiger partial charge is 0.321 e. The van der Waals surface area contributed by atoms with Gasteiger partial charge in [-0.25, -0.2) is 9.23 Å². The van der Waals surface area contributed by atoms with Crippen molar-refractivity contribution >= 4 is 5.91 Å². The summed E-state index contributed by atoms with van der Waals surface area (Å²) in [6.45, 7) is 1.72. The number of hydroxylamine groups is 2. The lowest BCUT2D eigenvalue weighted by Gasteiger charge is -2.17. The van der Waals surface area contributed by atoms with Crippen molar-refractivity contribution in [2.75, 3.05) is 0 Å². The average molecular weight is 382 g/mol. The molecule has 7 heteroatoms. The first-order chi connectivity index (χ1) is 13.5. The van der Waals surface area contributed by atoms with Crippen LogP contribution in [0.1, 0.15) is 38.8 Å². The summed E-state index contributed by atoms with van der Waals surface area (Å²) in [6.07, 6.45) is 0.332. The predicted octanol–water partition coefficient (Wildman–Crippen LogP) is 3.57. The molecule has 0 bridgehead atoms. The number of hydrogen-bond acceptors (Lipinski definition) is 5. The molecule has 0 aliphatic heterocycles. The first-order valence-corrected chi connectivity index (χ1v) is 8.56. The van der Waals surface area contributed by atoms with Gasteiger partial charge in [-0.05, 0) is 41.8 Å². The maximum absolute atomic E-state index is 13.0. The minimum absolute atomic E-state index is 0.0173. The fourth-order valence-corrected chi connectivity index (χ4v) is 2.66. The Kier molecular flexibility index (Phi) is 6.10. The number of carbonyl (C=O) groups excluding carboxylic acids is 1. The van der Waals surface area contributed by atoms with E-state index in [1.165, 1.54) is 36.5 Å². The summed E-state index contributed by atoms with van der Waals surface area (Å²) in [5, 5.41) is 20.5. The highest BCUT2D eigenvalue weighted by molar-refractivity contribution is 5.90. The van der Waals surface area contributed by atoms with Gasteiger partial charge in [0.15, 0.2) is 0 Å². The Labute approximate surface area is 161 Å². The van der Waals surface area contributed by atoms with Crippen molar-refractivity contribution in [2.24, 2.45) is 0 Å². The van der Waals surface area contributed by atoms with Crippen molar-refractivity contribution in [3.8, 4) is 0 Å². The van der Waals surface area contributed by atoms with E-state index in [0.717, 1.165) is 5.56 Å². The maximum atomic E-state index is 13.0. The summed E-state index contributed by atoms with van der Waals surface area (Å²) in [7, 11) is 0. The van der Waals surface area contributed by atoms with Crippen LogP contribution in [-0.2, 0) is 11.4 Å². The molecule has 0 radical (unpaired) electrons. The van der Waals surface area contributed by atoms with Gasteiger partial charge in [0.05, 0.1) is 0 Å². The number of pyridine rings is 1. The molecule has 1 unspecified atom stereocenters. The largest absolute Gasteiger partial charge is 0.384 e. The minimum atomic E-state index is -1.02. The van der Waals surface area contributed by atoms with E-state index in [4.69, 9.17) is 4.84 Å². The maximum Gasteiger partial charge on any atom is 0.321 e. The molecule has 0 saturated heterocycles. The minimum Gasteiger partial charge on any atom is -0.384 e. The lowest BCUT2D eigenvalue weighted by Crippen LogP contribution is -2.28. The van der Waals surface area contributed by atoms with Crippen molar-refractivity contribution in [1.82, 2.24) is 10.2 Å². The van der Waals surface area contributed by atoms with Crippen LogP contribution in [0.4, 0.5) is 4.39 Å². The summed E-state index contributed by atoms with van der Waals surface area (Å²) < 4.78 is 13.0. The zero-order valence-corrected chi connectivity index (χ0v) is 15.1. The number of aromatic nitrogens is 1. The lowest BCUT2D eigenvalue weighted by atomic mass is 9.99. The molecule has 3 aromatic rings. The molecule has 144 valence electrons. The van der Waals surface area contributed by atoms with Crippen LogP contribution >= 0.6 is 0 Å². The van der Waals surface area contributed by atoms with Gasteiger partial charge < -0.3 is 5.11 Å². The standard InChI is InChI=1S/C21H19FN2O4/c1-14-11-19(21(26)24(27)28-13-15-5-3-2-4-6-15)23-12-18(14)20(25)16-7-9-17(22)10-8-16/h2-12,20,25,27H,13H2,1H3. The first-order valence-electron chi connectivity index (χ1n) is 8.56. The predicted molar refractivity (Wildman–Crippen MR) is 98.6 cm³/mol. The quantitative estimate of drug-likeness (QED) is 0.503. The molecule has 3 rings (SSSR count). The third-order valence-electron chi connectivity index (χ3n) is 4.22. The summed E-state index contributed by atoms with van der Waals surface area (Å²) in [5.74, 6) is -1.23. The van der Waals surface area contributed by atoms with Gasteiger partial charge in [0.2, 0.25) is 0 Å². The summed E-state index contributed by atoms with van der Waals surface area (Å²) in [4.78, 5) is 21.4. The van der Waals surface area contributed by atoms with Crippen LogP contribution in [0, 0.1) is 12.7 Å². The number of nitrogens with zero attached hydrogens (tertiary/aromatic N) is 2. The van der Waals surface area contributed by atoms with Gasteiger partial charge in [-0.3, -0.25) is 15.0 Å². The van der Waals surface area contributed by atoms with Gasteiger partial charge >= 0.3 is 5.91 Å². The number of halogens is 1. The van der Waals surface area contributed by atoms with E-state index in [9.17, 15) is 19.5 Å². The topological polar surface area (TPSA) is 82.9 Å². The molecule has 1 aromatic heterocycles. The molecule has 28 heavy (non-hydrogen) atoms. The van der Waals surface area contributed by atoms with E-state index in [1.54, 1.807) is 19.1 Å². The van der Waals surface area contributed by atoms with E-state index < -0.39 is 17.8 Å².